The largest absolute Gasteiger partial charge is 0.385 e. The van der Waals surface area contributed by atoms with Crippen LogP contribution < -0.4 is 21.9 Å². The highest BCUT2D eigenvalue weighted by Crippen LogP contribution is 2.27. The molecule has 1 aliphatic carbocycles. The number of pyridine rings is 1. The second-order valence-electron chi connectivity index (χ2n) is 6.99. The summed E-state index contributed by atoms with van der Waals surface area (Å²) in [5.74, 6) is -0.214. The number of primary amides is 1. The lowest BCUT2D eigenvalue weighted by atomic mass is 9.95. The molecule has 3 aromatic heterocycles. The predicted octanol–water partition coefficient (Wildman–Crippen LogP) is 2.28. The van der Waals surface area contributed by atoms with E-state index < -0.39 is 5.91 Å². The zero-order valence-corrected chi connectivity index (χ0v) is 15.7. The number of imidazole rings is 1. The third-order valence-corrected chi connectivity index (χ3v) is 5.19. The standard InChI is InChI=1S/C19H23N7O2/c1-21-14-10-16(24-26-15(17(20)27)11-22-18(14)26)23-13-8-5-9-25(19(13)28)12-6-3-2-4-7-12/h5,8-12,21H,2-4,6-7H2,1H3,(H2,20,27)(H,23,24). The van der Waals surface area contributed by atoms with Crippen LogP contribution in [0.5, 0.6) is 0 Å². The molecule has 3 heterocycles. The number of carbonyl (C=O) groups is 1. The van der Waals surface area contributed by atoms with E-state index in [1.54, 1.807) is 19.2 Å². The first-order valence-electron chi connectivity index (χ1n) is 9.43. The smallest absolute Gasteiger partial charge is 0.274 e. The van der Waals surface area contributed by atoms with Gasteiger partial charge in [0.1, 0.15) is 11.4 Å². The van der Waals surface area contributed by atoms with Crippen molar-refractivity contribution in [2.75, 3.05) is 17.7 Å². The number of amides is 1. The van der Waals surface area contributed by atoms with E-state index in [0.717, 1.165) is 25.7 Å². The van der Waals surface area contributed by atoms with Crippen LogP contribution in [0.3, 0.4) is 0 Å². The van der Waals surface area contributed by atoms with Crippen molar-refractivity contribution in [1.29, 1.82) is 0 Å². The summed E-state index contributed by atoms with van der Waals surface area (Å²) < 4.78 is 3.18. The van der Waals surface area contributed by atoms with Crippen LogP contribution in [0.1, 0.15) is 48.6 Å². The van der Waals surface area contributed by atoms with Crippen LogP contribution >= 0.6 is 0 Å². The molecular weight excluding hydrogens is 358 g/mol. The molecular formula is C19H23N7O2. The highest BCUT2D eigenvalue weighted by atomic mass is 16.1. The zero-order valence-electron chi connectivity index (χ0n) is 15.7. The van der Waals surface area contributed by atoms with E-state index in [1.165, 1.54) is 17.1 Å². The Morgan fingerprint density at radius 1 is 1.25 bits per heavy atom. The van der Waals surface area contributed by atoms with E-state index in [2.05, 4.69) is 20.7 Å². The lowest BCUT2D eigenvalue weighted by molar-refractivity contribution is 0.0993. The average Bonchev–Trinajstić information content (AvgIpc) is 3.14. The van der Waals surface area contributed by atoms with Crippen LogP contribution in [0.2, 0.25) is 0 Å². The molecule has 3 aromatic rings. The van der Waals surface area contributed by atoms with Crippen molar-refractivity contribution < 1.29 is 4.79 Å². The summed E-state index contributed by atoms with van der Waals surface area (Å²) >= 11 is 0. The van der Waals surface area contributed by atoms with E-state index in [4.69, 9.17) is 5.73 Å². The van der Waals surface area contributed by atoms with Crippen molar-refractivity contribution in [3.63, 3.8) is 0 Å². The molecule has 4 rings (SSSR count). The number of nitrogens with one attached hydrogen (secondary N) is 2. The summed E-state index contributed by atoms with van der Waals surface area (Å²) in [6, 6.07) is 5.57. The molecule has 0 spiro atoms. The van der Waals surface area contributed by atoms with Crippen molar-refractivity contribution in [2.24, 2.45) is 5.73 Å². The van der Waals surface area contributed by atoms with E-state index in [-0.39, 0.29) is 17.3 Å². The molecule has 9 nitrogen and oxygen atoms in total. The molecule has 0 aromatic carbocycles. The van der Waals surface area contributed by atoms with E-state index >= 15 is 0 Å². The van der Waals surface area contributed by atoms with Crippen molar-refractivity contribution in [3.05, 3.63) is 46.6 Å². The average molecular weight is 381 g/mol. The Hall–Kier alpha value is -3.36. The van der Waals surface area contributed by atoms with Gasteiger partial charge in [-0.2, -0.15) is 0 Å². The molecule has 0 unspecified atom stereocenters. The number of fused-ring (bicyclic) bond motifs is 1. The summed E-state index contributed by atoms with van der Waals surface area (Å²) in [6.45, 7) is 0. The van der Waals surface area contributed by atoms with Crippen LogP contribution in [0.25, 0.3) is 5.65 Å². The Labute approximate surface area is 161 Å². The first kappa shape index (κ1) is 18.0. The zero-order chi connectivity index (χ0) is 19.7. The van der Waals surface area contributed by atoms with Crippen LogP contribution in [0.4, 0.5) is 17.2 Å². The Balaban J connectivity index is 1.73. The molecule has 146 valence electrons. The summed E-state index contributed by atoms with van der Waals surface area (Å²) in [4.78, 5) is 28.8. The van der Waals surface area contributed by atoms with Gasteiger partial charge in [0.05, 0.1) is 11.9 Å². The monoisotopic (exact) mass is 381 g/mol. The van der Waals surface area contributed by atoms with Crippen LogP contribution in [0.15, 0.2) is 35.4 Å². The SMILES string of the molecule is CNc1cc(Nc2cccn(C3CCCCC3)c2=O)nn2c(C(N)=O)cnc12. The lowest BCUT2D eigenvalue weighted by Crippen LogP contribution is -2.27. The fraction of sp³-hybridized carbons (Fsp3) is 0.368. The third-order valence-electron chi connectivity index (χ3n) is 5.19. The molecule has 0 bridgehead atoms. The van der Waals surface area contributed by atoms with E-state index in [0.29, 0.717) is 22.8 Å². The second kappa shape index (κ2) is 7.34. The van der Waals surface area contributed by atoms with Crippen LogP contribution in [0, 0.1) is 0 Å². The molecule has 0 aliphatic heterocycles. The van der Waals surface area contributed by atoms with Crippen LogP contribution in [-0.4, -0.2) is 32.1 Å². The molecule has 0 atom stereocenters. The number of nitrogens with zero attached hydrogens (tertiary/aromatic N) is 4. The van der Waals surface area contributed by atoms with Gasteiger partial charge in [-0.3, -0.25) is 9.59 Å². The lowest BCUT2D eigenvalue weighted by Gasteiger charge is -2.24. The van der Waals surface area contributed by atoms with E-state index in [9.17, 15) is 9.59 Å². The Morgan fingerprint density at radius 2 is 2.04 bits per heavy atom. The van der Waals surface area contributed by atoms with Gasteiger partial charge in [0.25, 0.3) is 11.5 Å². The van der Waals surface area contributed by atoms with Crippen LogP contribution in [-0.2, 0) is 0 Å². The number of hydrogen-bond acceptors (Lipinski definition) is 6. The Bertz CT molecular complexity index is 1080. The number of hydrogen-bond donors (Lipinski definition) is 3. The Kier molecular flexibility index (Phi) is 4.72. The molecule has 1 fully saturated rings. The minimum absolute atomic E-state index is 0.0805. The first-order valence-corrected chi connectivity index (χ1v) is 9.43. The second-order valence-corrected chi connectivity index (χ2v) is 6.99. The number of nitrogens with two attached hydrogens (primary N) is 1. The van der Waals surface area contributed by atoms with Crippen molar-refractivity contribution >= 4 is 28.7 Å². The molecule has 1 amide bonds. The maximum absolute atomic E-state index is 13.0. The van der Waals surface area contributed by atoms with Gasteiger partial charge in [0, 0.05) is 25.4 Å². The fourth-order valence-corrected chi connectivity index (χ4v) is 3.77. The third kappa shape index (κ3) is 3.19. The van der Waals surface area contributed by atoms with Crippen molar-refractivity contribution in [1.82, 2.24) is 19.2 Å². The van der Waals surface area contributed by atoms with Gasteiger partial charge in [-0.15, -0.1) is 5.10 Å². The van der Waals surface area contributed by atoms with Gasteiger partial charge >= 0.3 is 0 Å². The maximum Gasteiger partial charge on any atom is 0.274 e. The fourth-order valence-electron chi connectivity index (χ4n) is 3.77. The minimum atomic E-state index is -0.626. The summed E-state index contributed by atoms with van der Waals surface area (Å²) in [5, 5.41) is 10.5. The minimum Gasteiger partial charge on any atom is -0.385 e. The molecule has 28 heavy (non-hydrogen) atoms. The van der Waals surface area contributed by atoms with Gasteiger partial charge < -0.3 is 20.9 Å². The molecule has 0 saturated heterocycles. The van der Waals surface area contributed by atoms with Gasteiger partial charge in [-0.25, -0.2) is 9.50 Å². The quantitative estimate of drug-likeness (QED) is 0.624. The molecule has 4 N–H and O–H groups in total. The molecule has 1 saturated carbocycles. The number of rotatable bonds is 5. The molecule has 9 heteroatoms. The van der Waals surface area contributed by atoms with E-state index in [1.807, 2.05) is 16.8 Å². The Morgan fingerprint density at radius 3 is 2.75 bits per heavy atom. The molecule has 1 aliphatic rings. The normalized spacial score (nSPS) is 14.9. The van der Waals surface area contributed by atoms with Crippen molar-refractivity contribution in [2.45, 2.75) is 38.1 Å². The predicted molar refractivity (Wildman–Crippen MR) is 107 cm³/mol. The van der Waals surface area contributed by atoms with Gasteiger partial charge in [0.15, 0.2) is 11.5 Å². The summed E-state index contributed by atoms with van der Waals surface area (Å²) in [7, 11) is 1.75. The van der Waals surface area contributed by atoms with Gasteiger partial charge in [0.2, 0.25) is 0 Å². The highest BCUT2D eigenvalue weighted by Gasteiger charge is 2.18. The topological polar surface area (TPSA) is 119 Å². The first-order chi connectivity index (χ1) is 13.6. The number of carbonyl (C=O) groups excluding carboxylic acids is 1. The summed E-state index contributed by atoms with van der Waals surface area (Å²) in [6.07, 6.45) is 8.80. The number of aromatic nitrogens is 4. The molecule has 0 radical (unpaired) electrons. The highest BCUT2D eigenvalue weighted by molar-refractivity contribution is 5.92. The van der Waals surface area contributed by atoms with Gasteiger partial charge in [-0.1, -0.05) is 19.3 Å². The summed E-state index contributed by atoms with van der Waals surface area (Å²) in [5.41, 5.74) is 7.07. The maximum atomic E-state index is 13.0. The van der Waals surface area contributed by atoms with Gasteiger partial charge in [-0.05, 0) is 25.0 Å². The van der Waals surface area contributed by atoms with Crippen molar-refractivity contribution in [3.8, 4) is 0 Å². The number of anilines is 3.